The second-order valence-corrected chi connectivity index (χ2v) is 7.27. The monoisotopic (exact) mass is 479 g/mol. The number of esters is 1. The van der Waals surface area contributed by atoms with Crippen LogP contribution < -0.4 is 5.32 Å². The topological polar surface area (TPSA) is 111 Å². The van der Waals surface area contributed by atoms with Crippen molar-refractivity contribution in [2.24, 2.45) is 0 Å². The molecule has 33 heavy (non-hydrogen) atoms. The summed E-state index contributed by atoms with van der Waals surface area (Å²) < 4.78 is 30.3. The van der Waals surface area contributed by atoms with Crippen LogP contribution in [0.25, 0.3) is 0 Å². The van der Waals surface area contributed by atoms with Gasteiger partial charge >= 0.3 is 12.1 Å². The lowest BCUT2D eigenvalue weighted by atomic mass is 10.0. The second kappa shape index (κ2) is 12.8. The van der Waals surface area contributed by atoms with Gasteiger partial charge in [-0.25, -0.2) is 9.18 Å². The third-order valence-corrected chi connectivity index (χ3v) is 4.84. The average molecular weight is 480 g/mol. The van der Waals surface area contributed by atoms with E-state index in [1.807, 2.05) is 0 Å². The Bertz CT molecular complexity index is 968. The number of Topliss-reactive ketones (excluding diaryl/α,β-unsaturated/α-hetero) is 1. The summed E-state index contributed by atoms with van der Waals surface area (Å²) in [5.74, 6) is -2.17. The number of anilines is 1. The molecule has 0 radical (unpaired) electrons. The minimum atomic E-state index is -1.08. The van der Waals surface area contributed by atoms with E-state index >= 15 is 0 Å². The van der Waals surface area contributed by atoms with E-state index in [4.69, 9.17) is 14.2 Å². The maximum Gasteiger partial charge on any atom is 0.412 e. The fraction of sp³-hybridized carbons (Fsp3) is 0.348. The quantitative estimate of drug-likeness (QED) is 0.250. The fourth-order valence-corrected chi connectivity index (χ4v) is 3.07. The van der Waals surface area contributed by atoms with Gasteiger partial charge in [-0.05, 0) is 55.8 Å². The Kier molecular flexibility index (Phi) is 10.1. The van der Waals surface area contributed by atoms with Gasteiger partial charge < -0.3 is 19.3 Å². The number of rotatable bonds is 11. The van der Waals surface area contributed by atoms with Crippen LogP contribution in [0.4, 0.5) is 14.9 Å². The maximum absolute atomic E-state index is 14.0. The van der Waals surface area contributed by atoms with Gasteiger partial charge in [0, 0.05) is 24.3 Å². The summed E-state index contributed by atoms with van der Waals surface area (Å²) in [4.78, 5) is 35.4. The van der Waals surface area contributed by atoms with Crippen LogP contribution in [0.5, 0.6) is 5.75 Å². The number of benzene rings is 2. The normalized spacial score (nSPS) is 12.5. The third kappa shape index (κ3) is 8.07. The molecule has 0 aliphatic carbocycles. The number of ketones is 1. The molecule has 2 aromatic rings. The highest BCUT2D eigenvalue weighted by molar-refractivity contribution is 7.81. The number of carbonyl (C=O) groups excluding carboxylic acids is 3. The van der Waals surface area contributed by atoms with Crippen molar-refractivity contribution < 1.29 is 38.1 Å². The number of hydrogen-bond acceptors (Lipinski definition) is 8. The Balaban J connectivity index is 2.22. The van der Waals surface area contributed by atoms with E-state index in [1.165, 1.54) is 13.0 Å². The zero-order valence-electron chi connectivity index (χ0n) is 18.2. The molecule has 0 saturated carbocycles. The van der Waals surface area contributed by atoms with Crippen molar-refractivity contribution in [1.29, 1.82) is 0 Å². The smallest absolute Gasteiger partial charge is 0.412 e. The van der Waals surface area contributed by atoms with Crippen LogP contribution in [0, 0.1) is 5.82 Å². The van der Waals surface area contributed by atoms with Crippen molar-refractivity contribution in [3.05, 3.63) is 59.4 Å². The SMILES string of the molecule is CCO[C@H](CCOC(=O)CS)[C@H](OC(=O)Nc1ccc(C(C)=O)cc1)c1ccc(O)c(F)c1. The van der Waals surface area contributed by atoms with E-state index in [9.17, 15) is 23.9 Å². The molecule has 0 unspecified atom stereocenters. The van der Waals surface area contributed by atoms with Crippen LogP contribution in [-0.2, 0) is 19.0 Å². The number of carbonyl (C=O) groups is 3. The molecule has 2 rings (SSSR count). The average Bonchev–Trinajstić information content (AvgIpc) is 2.79. The Morgan fingerprint density at radius 2 is 1.85 bits per heavy atom. The Morgan fingerprint density at radius 3 is 2.42 bits per heavy atom. The number of ether oxygens (including phenoxy) is 3. The molecule has 0 aliphatic rings. The lowest BCUT2D eigenvalue weighted by Crippen LogP contribution is -2.30. The first-order valence-electron chi connectivity index (χ1n) is 10.2. The molecular formula is C23H26FNO7S. The van der Waals surface area contributed by atoms with Gasteiger partial charge in [0.15, 0.2) is 23.5 Å². The van der Waals surface area contributed by atoms with Crippen molar-refractivity contribution in [3.8, 4) is 5.75 Å². The molecule has 0 bridgehead atoms. The van der Waals surface area contributed by atoms with E-state index in [2.05, 4.69) is 17.9 Å². The van der Waals surface area contributed by atoms with Gasteiger partial charge in [-0.1, -0.05) is 6.07 Å². The molecule has 0 aliphatic heterocycles. The van der Waals surface area contributed by atoms with Crippen LogP contribution in [0.3, 0.4) is 0 Å². The van der Waals surface area contributed by atoms with E-state index in [-0.39, 0.29) is 36.7 Å². The van der Waals surface area contributed by atoms with Gasteiger partial charge in [0.25, 0.3) is 0 Å². The summed E-state index contributed by atoms with van der Waals surface area (Å²) in [6.45, 7) is 3.38. The molecule has 0 heterocycles. The predicted molar refractivity (Wildman–Crippen MR) is 122 cm³/mol. The van der Waals surface area contributed by atoms with Crippen LogP contribution in [-0.4, -0.2) is 48.0 Å². The largest absolute Gasteiger partial charge is 0.505 e. The van der Waals surface area contributed by atoms with E-state index < -0.39 is 35.8 Å². The van der Waals surface area contributed by atoms with Gasteiger partial charge in [-0.3, -0.25) is 14.9 Å². The Labute approximate surface area is 196 Å². The summed E-state index contributed by atoms with van der Waals surface area (Å²) in [7, 11) is 0. The summed E-state index contributed by atoms with van der Waals surface area (Å²) >= 11 is 3.84. The highest BCUT2D eigenvalue weighted by Crippen LogP contribution is 2.29. The lowest BCUT2D eigenvalue weighted by Gasteiger charge is -2.27. The molecule has 8 nitrogen and oxygen atoms in total. The van der Waals surface area contributed by atoms with Crippen LogP contribution in [0.1, 0.15) is 42.3 Å². The first kappa shape index (κ1) is 26.1. The summed E-state index contributed by atoms with van der Waals surface area (Å²) in [6.07, 6.45) is -2.55. The number of hydrogen-bond donors (Lipinski definition) is 3. The number of halogens is 1. The van der Waals surface area contributed by atoms with Crippen molar-refractivity contribution in [2.45, 2.75) is 32.5 Å². The molecule has 2 atom stereocenters. The first-order valence-corrected chi connectivity index (χ1v) is 10.8. The van der Waals surface area contributed by atoms with Gasteiger partial charge in [-0.2, -0.15) is 12.6 Å². The van der Waals surface area contributed by atoms with Gasteiger partial charge in [0.05, 0.1) is 12.4 Å². The maximum atomic E-state index is 14.0. The van der Waals surface area contributed by atoms with Crippen LogP contribution in [0.2, 0.25) is 0 Å². The number of amides is 1. The van der Waals surface area contributed by atoms with Crippen LogP contribution in [0.15, 0.2) is 42.5 Å². The Morgan fingerprint density at radius 1 is 1.15 bits per heavy atom. The van der Waals surface area contributed by atoms with E-state index in [1.54, 1.807) is 31.2 Å². The summed E-state index contributed by atoms with van der Waals surface area (Å²) in [5.41, 5.74) is 1.11. The van der Waals surface area contributed by atoms with Gasteiger partial charge in [-0.15, -0.1) is 0 Å². The number of phenols is 1. The van der Waals surface area contributed by atoms with Gasteiger partial charge in [0.1, 0.15) is 6.10 Å². The molecule has 0 spiro atoms. The first-order chi connectivity index (χ1) is 15.7. The third-order valence-electron chi connectivity index (χ3n) is 4.59. The fourth-order valence-electron chi connectivity index (χ4n) is 2.98. The molecule has 178 valence electrons. The summed E-state index contributed by atoms with van der Waals surface area (Å²) in [6, 6.07) is 9.80. The number of thiol groups is 1. The van der Waals surface area contributed by atoms with Crippen molar-refractivity contribution in [1.82, 2.24) is 0 Å². The molecule has 0 aromatic heterocycles. The molecule has 0 saturated heterocycles. The van der Waals surface area contributed by atoms with Gasteiger partial charge in [0.2, 0.25) is 0 Å². The number of nitrogens with one attached hydrogen (secondary N) is 1. The Hall–Kier alpha value is -3.11. The highest BCUT2D eigenvalue weighted by atomic mass is 32.1. The van der Waals surface area contributed by atoms with Crippen molar-refractivity contribution in [3.63, 3.8) is 0 Å². The zero-order chi connectivity index (χ0) is 24.4. The molecule has 10 heteroatoms. The molecular weight excluding hydrogens is 453 g/mol. The van der Waals surface area contributed by atoms with E-state index in [0.717, 1.165) is 12.1 Å². The molecule has 2 N–H and O–H groups in total. The van der Waals surface area contributed by atoms with Crippen LogP contribution >= 0.6 is 12.6 Å². The second-order valence-electron chi connectivity index (χ2n) is 6.96. The standard InChI is InChI=1S/C23H26FNO7S/c1-3-30-20(10-11-31-21(28)13-33)22(16-6-9-19(27)18(24)12-16)32-23(29)25-17-7-4-15(5-8-17)14(2)26/h4-9,12,20,22,27,33H,3,10-11,13H2,1-2H3,(H,25,29)/t20-,22-/m1/s1. The van der Waals surface area contributed by atoms with Crippen molar-refractivity contribution >= 4 is 36.2 Å². The molecule has 0 fully saturated rings. The summed E-state index contributed by atoms with van der Waals surface area (Å²) in [5, 5.41) is 12.1. The minimum absolute atomic E-state index is 0.0292. The highest BCUT2D eigenvalue weighted by Gasteiger charge is 2.29. The number of aromatic hydroxyl groups is 1. The van der Waals surface area contributed by atoms with Crippen molar-refractivity contribution in [2.75, 3.05) is 24.3 Å². The minimum Gasteiger partial charge on any atom is -0.505 e. The predicted octanol–water partition coefficient (Wildman–Crippen LogP) is 4.29. The zero-order valence-corrected chi connectivity index (χ0v) is 19.1. The lowest BCUT2D eigenvalue weighted by molar-refractivity contribution is -0.142. The number of phenolic OH excluding ortho intramolecular Hbond substituents is 1. The molecule has 1 amide bonds. The van der Waals surface area contributed by atoms with E-state index in [0.29, 0.717) is 11.3 Å². The molecule has 2 aromatic carbocycles.